The number of pyridine rings is 1. The van der Waals surface area contributed by atoms with Gasteiger partial charge in [0.2, 0.25) is 0 Å². The highest BCUT2D eigenvalue weighted by Gasteiger charge is 2.18. The molecule has 96 valence electrons. The third kappa shape index (κ3) is 2.64. The summed E-state index contributed by atoms with van der Waals surface area (Å²) in [5, 5.41) is 8.92. The standard InChI is InChI=1S/C12H10N4O2S/c13-7-9-3-1-2-4-11(9)16-19(17,18)12-8-15-6-5-10(12)14/h1-6,8,16H,(H2,14,15). The lowest BCUT2D eigenvalue weighted by Crippen LogP contribution is -2.15. The maximum Gasteiger partial charge on any atom is 0.265 e. The summed E-state index contributed by atoms with van der Waals surface area (Å²) in [6, 6.07) is 9.60. The summed E-state index contributed by atoms with van der Waals surface area (Å²) in [5.74, 6) is 0. The number of hydrogen-bond acceptors (Lipinski definition) is 5. The van der Waals surface area contributed by atoms with Crippen molar-refractivity contribution >= 4 is 21.4 Å². The first kappa shape index (κ1) is 12.9. The molecule has 0 radical (unpaired) electrons. The van der Waals surface area contributed by atoms with Crippen molar-refractivity contribution in [1.29, 1.82) is 5.26 Å². The van der Waals surface area contributed by atoms with Gasteiger partial charge in [-0.05, 0) is 18.2 Å². The van der Waals surface area contributed by atoms with Gasteiger partial charge in [0.1, 0.15) is 11.0 Å². The molecular formula is C12H10N4O2S. The number of benzene rings is 1. The lowest BCUT2D eigenvalue weighted by molar-refractivity contribution is 0.601. The number of anilines is 2. The molecule has 0 unspecified atom stereocenters. The lowest BCUT2D eigenvalue weighted by atomic mass is 10.2. The second-order valence-corrected chi connectivity index (χ2v) is 5.33. The zero-order valence-corrected chi connectivity index (χ0v) is 10.6. The van der Waals surface area contributed by atoms with Crippen molar-refractivity contribution < 1.29 is 8.42 Å². The van der Waals surface area contributed by atoms with E-state index in [4.69, 9.17) is 11.0 Å². The Bertz CT molecular complexity index is 750. The number of nitrogen functional groups attached to an aromatic ring is 1. The van der Waals surface area contributed by atoms with Crippen molar-refractivity contribution in [2.24, 2.45) is 0 Å². The largest absolute Gasteiger partial charge is 0.398 e. The smallest absolute Gasteiger partial charge is 0.265 e. The summed E-state index contributed by atoms with van der Waals surface area (Å²) < 4.78 is 26.6. The molecule has 0 amide bonds. The molecule has 0 saturated carbocycles. The van der Waals surface area contributed by atoms with Crippen LogP contribution in [0.15, 0.2) is 47.6 Å². The van der Waals surface area contributed by atoms with Crippen molar-refractivity contribution in [2.75, 3.05) is 10.5 Å². The number of aromatic nitrogens is 1. The minimum absolute atomic E-state index is 0.0944. The molecule has 19 heavy (non-hydrogen) atoms. The van der Waals surface area contributed by atoms with Gasteiger partial charge in [0, 0.05) is 12.4 Å². The third-order valence-electron chi connectivity index (χ3n) is 2.40. The molecule has 0 spiro atoms. The van der Waals surface area contributed by atoms with Gasteiger partial charge in [0.25, 0.3) is 10.0 Å². The molecule has 0 fully saturated rings. The van der Waals surface area contributed by atoms with Crippen LogP contribution in [0, 0.1) is 11.3 Å². The summed E-state index contributed by atoms with van der Waals surface area (Å²) in [4.78, 5) is 3.61. The van der Waals surface area contributed by atoms with Crippen LogP contribution in [0.3, 0.4) is 0 Å². The molecule has 3 N–H and O–H groups in total. The van der Waals surface area contributed by atoms with Gasteiger partial charge in [0.15, 0.2) is 0 Å². The molecule has 0 atom stereocenters. The minimum Gasteiger partial charge on any atom is -0.398 e. The first-order valence-electron chi connectivity index (χ1n) is 5.26. The zero-order valence-electron chi connectivity index (χ0n) is 9.74. The Morgan fingerprint density at radius 3 is 2.68 bits per heavy atom. The number of sulfonamides is 1. The van der Waals surface area contributed by atoms with E-state index in [0.29, 0.717) is 0 Å². The molecule has 0 aliphatic heterocycles. The van der Waals surface area contributed by atoms with E-state index in [0.717, 1.165) is 6.20 Å². The number of hydrogen-bond donors (Lipinski definition) is 2. The average Bonchev–Trinajstić information content (AvgIpc) is 2.39. The van der Waals surface area contributed by atoms with Gasteiger partial charge < -0.3 is 5.73 Å². The van der Waals surface area contributed by atoms with Crippen molar-refractivity contribution in [3.8, 4) is 6.07 Å². The molecule has 0 aliphatic rings. The fourth-order valence-corrected chi connectivity index (χ4v) is 2.64. The molecule has 0 saturated heterocycles. The van der Waals surface area contributed by atoms with Gasteiger partial charge >= 0.3 is 0 Å². The second-order valence-electron chi connectivity index (χ2n) is 3.68. The van der Waals surface area contributed by atoms with E-state index in [2.05, 4.69) is 9.71 Å². The molecule has 1 aromatic carbocycles. The summed E-state index contributed by atoms with van der Waals surface area (Å²) in [5.41, 5.74) is 6.13. The maximum absolute atomic E-state index is 12.2. The van der Waals surface area contributed by atoms with Crippen molar-refractivity contribution in [1.82, 2.24) is 4.98 Å². The SMILES string of the molecule is N#Cc1ccccc1NS(=O)(=O)c1cnccc1N. The normalized spacial score (nSPS) is 10.7. The quantitative estimate of drug-likeness (QED) is 0.877. The zero-order chi connectivity index (χ0) is 13.9. The summed E-state index contributed by atoms with van der Waals surface area (Å²) in [7, 11) is -3.87. The average molecular weight is 274 g/mol. The molecule has 2 aromatic rings. The Hall–Kier alpha value is -2.59. The van der Waals surface area contributed by atoms with Crippen molar-refractivity contribution in [3.05, 3.63) is 48.3 Å². The maximum atomic E-state index is 12.2. The predicted molar refractivity (Wildman–Crippen MR) is 70.6 cm³/mol. The molecule has 6 nitrogen and oxygen atoms in total. The Morgan fingerprint density at radius 1 is 1.26 bits per heavy atom. The van der Waals surface area contributed by atoms with Crippen LogP contribution in [0.2, 0.25) is 0 Å². The number of rotatable bonds is 3. The van der Waals surface area contributed by atoms with Gasteiger partial charge in [-0.1, -0.05) is 12.1 Å². The number of nitriles is 1. The second kappa shape index (κ2) is 4.96. The number of nitrogens with one attached hydrogen (secondary N) is 1. The van der Waals surface area contributed by atoms with Crippen molar-refractivity contribution in [3.63, 3.8) is 0 Å². The monoisotopic (exact) mass is 274 g/mol. The highest BCUT2D eigenvalue weighted by molar-refractivity contribution is 7.92. The lowest BCUT2D eigenvalue weighted by Gasteiger charge is -2.10. The van der Waals surface area contributed by atoms with Crippen LogP contribution in [0.25, 0.3) is 0 Å². The Kier molecular flexibility index (Phi) is 3.35. The van der Waals surface area contributed by atoms with Crippen LogP contribution in [-0.2, 0) is 10.0 Å². The van der Waals surface area contributed by atoms with E-state index in [1.165, 1.54) is 24.4 Å². The van der Waals surface area contributed by atoms with E-state index in [9.17, 15) is 8.42 Å². The predicted octanol–water partition coefficient (Wildman–Crippen LogP) is 1.34. The molecule has 2 rings (SSSR count). The number of nitrogens with zero attached hydrogens (tertiary/aromatic N) is 2. The van der Waals surface area contributed by atoms with E-state index in [1.54, 1.807) is 12.1 Å². The van der Waals surface area contributed by atoms with Crippen LogP contribution >= 0.6 is 0 Å². The van der Waals surface area contributed by atoms with Crippen LogP contribution in [0.5, 0.6) is 0 Å². The fourth-order valence-electron chi connectivity index (χ4n) is 1.48. The van der Waals surface area contributed by atoms with Crippen LogP contribution in [-0.4, -0.2) is 13.4 Å². The molecule has 1 aromatic heterocycles. The van der Waals surface area contributed by atoms with E-state index < -0.39 is 10.0 Å². The highest BCUT2D eigenvalue weighted by atomic mass is 32.2. The number of nitrogens with two attached hydrogens (primary N) is 1. The first-order chi connectivity index (χ1) is 9.04. The molecule has 0 bridgehead atoms. The number of para-hydroxylation sites is 1. The Morgan fingerprint density at radius 2 is 2.00 bits per heavy atom. The van der Waals surface area contributed by atoms with E-state index in [-0.39, 0.29) is 21.8 Å². The van der Waals surface area contributed by atoms with E-state index in [1.807, 2.05) is 6.07 Å². The minimum atomic E-state index is -3.87. The summed E-state index contributed by atoms with van der Waals surface area (Å²) in [6.07, 6.45) is 2.56. The summed E-state index contributed by atoms with van der Waals surface area (Å²) in [6.45, 7) is 0. The topological polar surface area (TPSA) is 109 Å². The molecular weight excluding hydrogens is 264 g/mol. The molecule has 7 heteroatoms. The van der Waals surface area contributed by atoms with Gasteiger partial charge in [-0.25, -0.2) is 8.42 Å². The van der Waals surface area contributed by atoms with Crippen LogP contribution < -0.4 is 10.5 Å². The third-order valence-corrected chi connectivity index (χ3v) is 3.81. The summed E-state index contributed by atoms with van der Waals surface area (Å²) >= 11 is 0. The van der Waals surface area contributed by atoms with Gasteiger partial charge in [-0.2, -0.15) is 5.26 Å². The Labute approximate surface area is 110 Å². The van der Waals surface area contributed by atoms with Crippen LogP contribution in [0.4, 0.5) is 11.4 Å². The van der Waals surface area contributed by atoms with E-state index >= 15 is 0 Å². The van der Waals surface area contributed by atoms with Crippen molar-refractivity contribution in [2.45, 2.75) is 4.90 Å². The Balaban J connectivity index is 2.44. The van der Waals surface area contributed by atoms with Gasteiger partial charge in [0.05, 0.1) is 16.9 Å². The highest BCUT2D eigenvalue weighted by Crippen LogP contribution is 2.22. The fraction of sp³-hybridized carbons (Fsp3) is 0. The molecule has 1 heterocycles. The molecule has 0 aliphatic carbocycles. The van der Waals surface area contributed by atoms with Gasteiger partial charge in [-0.15, -0.1) is 0 Å². The first-order valence-corrected chi connectivity index (χ1v) is 6.74. The van der Waals surface area contributed by atoms with Gasteiger partial charge in [-0.3, -0.25) is 9.71 Å². The van der Waals surface area contributed by atoms with Crippen LogP contribution in [0.1, 0.15) is 5.56 Å².